The smallest absolute Gasteiger partial charge is 0.407 e. The third-order valence-corrected chi connectivity index (χ3v) is 7.42. The fourth-order valence-electron chi connectivity index (χ4n) is 5.56. The van der Waals surface area contributed by atoms with Gasteiger partial charge in [-0.15, -0.1) is 0 Å². The van der Waals surface area contributed by atoms with Crippen LogP contribution in [0.1, 0.15) is 47.8 Å². The number of piperazine rings is 1. The lowest BCUT2D eigenvalue weighted by Crippen LogP contribution is -2.57. The Labute approximate surface area is 210 Å². The molecule has 1 aromatic heterocycles. The van der Waals surface area contributed by atoms with Gasteiger partial charge in [-0.25, -0.2) is 9.78 Å². The largest absolute Gasteiger partial charge is 0.465 e. The van der Waals surface area contributed by atoms with Crippen molar-refractivity contribution in [2.75, 3.05) is 19.6 Å². The molecule has 2 heterocycles. The fraction of sp³-hybridized carbons (Fsp3) is 0.393. The Kier molecular flexibility index (Phi) is 7.04. The molecular formula is C28H32N4O4. The molecule has 0 spiro atoms. The second-order valence-electron chi connectivity index (χ2n) is 9.70. The number of imidazole rings is 1. The summed E-state index contributed by atoms with van der Waals surface area (Å²) in [7, 11) is 0. The molecule has 36 heavy (non-hydrogen) atoms. The predicted octanol–water partition coefficient (Wildman–Crippen LogP) is 4.07. The van der Waals surface area contributed by atoms with Gasteiger partial charge in [0.2, 0.25) is 0 Å². The van der Waals surface area contributed by atoms with Crippen LogP contribution in [-0.4, -0.2) is 73.3 Å². The maximum Gasteiger partial charge on any atom is 0.407 e. The zero-order chi connectivity index (χ0) is 25.1. The monoisotopic (exact) mass is 488 g/mol. The van der Waals surface area contributed by atoms with E-state index in [2.05, 4.69) is 4.98 Å². The van der Waals surface area contributed by atoms with E-state index >= 15 is 0 Å². The normalized spacial score (nSPS) is 22.4. The Morgan fingerprint density at radius 2 is 1.64 bits per heavy atom. The number of amides is 2. The summed E-state index contributed by atoms with van der Waals surface area (Å²) >= 11 is 0. The Morgan fingerprint density at radius 1 is 0.944 bits per heavy atom. The van der Waals surface area contributed by atoms with E-state index in [1.165, 1.54) is 4.90 Å². The van der Waals surface area contributed by atoms with E-state index < -0.39 is 12.2 Å². The number of nitrogens with zero attached hydrogens (tertiary/aromatic N) is 4. The third kappa shape index (κ3) is 4.86. The van der Waals surface area contributed by atoms with Crippen LogP contribution in [0.5, 0.6) is 0 Å². The molecule has 0 bridgehead atoms. The first-order chi connectivity index (χ1) is 17.5. The molecule has 2 fully saturated rings. The van der Waals surface area contributed by atoms with Crippen LogP contribution in [0.25, 0.3) is 11.3 Å². The number of carbonyl (C=O) groups is 2. The number of rotatable bonds is 5. The van der Waals surface area contributed by atoms with Gasteiger partial charge in [-0.2, -0.15) is 0 Å². The van der Waals surface area contributed by atoms with E-state index in [9.17, 15) is 19.8 Å². The van der Waals surface area contributed by atoms with Gasteiger partial charge in [-0.1, -0.05) is 73.5 Å². The van der Waals surface area contributed by atoms with E-state index in [4.69, 9.17) is 0 Å². The van der Waals surface area contributed by atoms with Gasteiger partial charge < -0.3 is 24.6 Å². The Morgan fingerprint density at radius 3 is 2.33 bits per heavy atom. The topological polar surface area (TPSA) is 98.9 Å². The van der Waals surface area contributed by atoms with Crippen molar-refractivity contribution in [1.29, 1.82) is 0 Å². The first-order valence-electron chi connectivity index (χ1n) is 12.7. The summed E-state index contributed by atoms with van der Waals surface area (Å²) in [4.78, 5) is 33.6. The number of hydrogen-bond donors (Lipinski definition) is 2. The molecule has 2 aliphatic rings. The minimum absolute atomic E-state index is 0.132. The zero-order valence-corrected chi connectivity index (χ0v) is 20.2. The molecule has 3 aromatic rings. The van der Waals surface area contributed by atoms with Gasteiger partial charge in [0, 0.05) is 25.2 Å². The Balaban J connectivity index is 1.51. The average Bonchev–Trinajstić information content (AvgIpc) is 3.34. The second kappa shape index (κ2) is 10.5. The third-order valence-electron chi connectivity index (χ3n) is 7.42. The number of carboxylic acid groups (broad SMARTS) is 1. The Hall–Kier alpha value is -3.65. The first-order valence-corrected chi connectivity index (χ1v) is 12.7. The molecule has 188 valence electrons. The predicted molar refractivity (Wildman–Crippen MR) is 136 cm³/mol. The van der Waals surface area contributed by atoms with Crippen LogP contribution in [0.2, 0.25) is 0 Å². The molecule has 3 atom stereocenters. The molecule has 5 rings (SSSR count). The zero-order valence-electron chi connectivity index (χ0n) is 20.2. The molecule has 8 heteroatoms. The molecule has 2 aromatic carbocycles. The van der Waals surface area contributed by atoms with E-state index in [-0.39, 0.29) is 31.1 Å². The highest BCUT2D eigenvalue weighted by molar-refractivity contribution is 5.98. The lowest BCUT2D eigenvalue weighted by molar-refractivity contribution is 0.0446. The van der Waals surface area contributed by atoms with Crippen LogP contribution in [-0.2, 0) is 6.42 Å². The highest BCUT2D eigenvalue weighted by atomic mass is 16.4. The second-order valence-corrected chi connectivity index (χ2v) is 9.70. The lowest BCUT2D eigenvalue weighted by atomic mass is 9.92. The van der Waals surface area contributed by atoms with Gasteiger partial charge in [-0.05, 0) is 24.8 Å². The molecule has 0 unspecified atom stereocenters. The standard InChI is InChI=1S/C28H32N4O4/c33-24-14-8-7-13-23(24)32-19-29-25(26(32)21-11-5-2-6-12-21)27(34)31-16-15-30(28(35)36)18-22(31)17-20-9-3-1-4-10-20/h1-6,9-12,19,22-24,33H,7-8,13-18H2,(H,35,36)/t22-,23+,24+/m1/s1. The number of carbonyl (C=O) groups excluding carboxylic acids is 1. The maximum atomic E-state index is 14.1. The van der Waals surface area contributed by atoms with Crippen LogP contribution in [0.4, 0.5) is 4.79 Å². The average molecular weight is 489 g/mol. The minimum Gasteiger partial charge on any atom is -0.465 e. The summed E-state index contributed by atoms with van der Waals surface area (Å²) in [5.41, 5.74) is 2.98. The number of aromatic nitrogens is 2. The minimum atomic E-state index is -0.972. The molecule has 2 N–H and O–H groups in total. The molecule has 1 saturated carbocycles. The molecule has 8 nitrogen and oxygen atoms in total. The summed E-state index contributed by atoms with van der Waals surface area (Å²) in [6, 6.07) is 19.1. The van der Waals surface area contributed by atoms with E-state index in [0.717, 1.165) is 36.8 Å². The quantitative estimate of drug-likeness (QED) is 0.564. The summed E-state index contributed by atoms with van der Waals surface area (Å²) in [5.74, 6) is -0.205. The van der Waals surface area contributed by atoms with Gasteiger partial charge in [0.15, 0.2) is 5.69 Å². The van der Waals surface area contributed by atoms with Gasteiger partial charge in [0.05, 0.1) is 30.2 Å². The summed E-state index contributed by atoms with van der Waals surface area (Å²) in [6.07, 6.45) is 4.37. The SMILES string of the molecule is O=C(O)N1CCN(C(=O)c2ncn([C@H]3CCCC[C@@H]3O)c2-c2ccccc2)[C@H](Cc2ccccc2)C1. The van der Waals surface area contributed by atoms with Gasteiger partial charge in [0.1, 0.15) is 0 Å². The highest BCUT2D eigenvalue weighted by Crippen LogP contribution is 2.35. The van der Waals surface area contributed by atoms with E-state index in [0.29, 0.717) is 24.4 Å². The first kappa shape index (κ1) is 24.1. The van der Waals surface area contributed by atoms with Crippen molar-refractivity contribution in [3.8, 4) is 11.3 Å². The van der Waals surface area contributed by atoms with Crippen molar-refractivity contribution in [2.45, 2.75) is 50.3 Å². The van der Waals surface area contributed by atoms with Crippen LogP contribution < -0.4 is 0 Å². The van der Waals surface area contributed by atoms with E-state index in [1.54, 1.807) is 11.2 Å². The summed E-state index contributed by atoms with van der Waals surface area (Å²) < 4.78 is 1.98. The molecule has 2 amide bonds. The van der Waals surface area contributed by atoms with Crippen molar-refractivity contribution >= 4 is 12.0 Å². The summed E-state index contributed by atoms with van der Waals surface area (Å²) in [5, 5.41) is 20.4. The molecule has 0 radical (unpaired) electrons. The highest BCUT2D eigenvalue weighted by Gasteiger charge is 2.36. The number of hydrogen-bond acceptors (Lipinski definition) is 4. The molecule has 1 saturated heterocycles. The van der Waals surface area contributed by atoms with E-state index in [1.807, 2.05) is 65.2 Å². The van der Waals surface area contributed by atoms with Gasteiger partial charge in [-0.3, -0.25) is 4.79 Å². The lowest BCUT2D eigenvalue weighted by Gasteiger charge is -2.40. The molecule has 1 aliphatic heterocycles. The van der Waals surface area contributed by atoms with Crippen molar-refractivity contribution in [1.82, 2.24) is 19.4 Å². The van der Waals surface area contributed by atoms with Crippen LogP contribution in [0.3, 0.4) is 0 Å². The van der Waals surface area contributed by atoms with Crippen molar-refractivity contribution in [3.63, 3.8) is 0 Å². The van der Waals surface area contributed by atoms with Crippen molar-refractivity contribution in [3.05, 3.63) is 78.2 Å². The maximum absolute atomic E-state index is 14.1. The van der Waals surface area contributed by atoms with Crippen molar-refractivity contribution < 1.29 is 19.8 Å². The molecular weight excluding hydrogens is 456 g/mol. The number of aliphatic hydroxyl groups excluding tert-OH is 1. The number of aliphatic hydroxyl groups is 1. The summed E-state index contributed by atoms with van der Waals surface area (Å²) in [6.45, 7) is 0.809. The van der Waals surface area contributed by atoms with Crippen LogP contribution in [0, 0.1) is 0 Å². The van der Waals surface area contributed by atoms with Gasteiger partial charge >= 0.3 is 6.09 Å². The van der Waals surface area contributed by atoms with Gasteiger partial charge in [0.25, 0.3) is 5.91 Å². The molecule has 1 aliphatic carbocycles. The van der Waals surface area contributed by atoms with Crippen LogP contribution in [0.15, 0.2) is 67.0 Å². The number of benzene rings is 2. The fourth-order valence-corrected chi connectivity index (χ4v) is 5.56. The Bertz CT molecular complexity index is 1200. The van der Waals surface area contributed by atoms with Crippen LogP contribution >= 0.6 is 0 Å². The van der Waals surface area contributed by atoms with Crippen molar-refractivity contribution in [2.24, 2.45) is 0 Å².